The van der Waals surface area contributed by atoms with Gasteiger partial charge in [0.05, 0.1) is 23.4 Å². The molecule has 0 aromatic heterocycles. The minimum atomic E-state index is -1.65. The standard InChI is InChI=1S/C14H15NO6.3Na/c16-11(17)7-15(8-12(18)19)14(13(20)21)6-10(14)9-4-2-1-3-5-9;;;/h1-5,10H,6-8H2,(H,16,17)(H,18,19)(H,20,21);;;/q;3*+1/p-3. The first kappa shape index (κ1) is 26.8. The minimum Gasteiger partial charge on any atom is -0.549 e. The Bertz CT molecular complexity index is 569. The minimum absolute atomic E-state index is 0. The first-order valence-corrected chi connectivity index (χ1v) is 6.29. The molecule has 1 aliphatic rings. The smallest absolute Gasteiger partial charge is 0.549 e. The maximum absolute atomic E-state index is 11.5. The summed E-state index contributed by atoms with van der Waals surface area (Å²) in [5, 5.41) is 33.0. The van der Waals surface area contributed by atoms with E-state index in [0.29, 0.717) is 5.56 Å². The molecule has 1 fully saturated rings. The van der Waals surface area contributed by atoms with Crippen LogP contribution in [0.2, 0.25) is 0 Å². The zero-order valence-corrected chi connectivity index (χ0v) is 20.0. The molecule has 0 heterocycles. The van der Waals surface area contributed by atoms with E-state index >= 15 is 0 Å². The second kappa shape index (κ2) is 11.3. The van der Waals surface area contributed by atoms with Crippen LogP contribution in [-0.2, 0) is 14.4 Å². The van der Waals surface area contributed by atoms with Crippen LogP contribution in [0.15, 0.2) is 30.3 Å². The predicted octanol–water partition coefficient (Wildman–Crippen LogP) is -12.5. The summed E-state index contributed by atoms with van der Waals surface area (Å²) in [7, 11) is 0. The van der Waals surface area contributed by atoms with E-state index in [1.54, 1.807) is 30.3 Å². The first-order valence-electron chi connectivity index (χ1n) is 6.29. The van der Waals surface area contributed by atoms with Gasteiger partial charge in [-0.25, -0.2) is 0 Å². The molecule has 1 aliphatic carbocycles. The Kier molecular flexibility index (Phi) is 12.7. The van der Waals surface area contributed by atoms with Gasteiger partial charge in [-0.2, -0.15) is 0 Å². The number of nitrogens with zero attached hydrogens (tertiary/aromatic N) is 1. The predicted molar refractivity (Wildman–Crippen MR) is 63.1 cm³/mol. The van der Waals surface area contributed by atoms with Crippen molar-refractivity contribution < 1.29 is 118 Å². The van der Waals surface area contributed by atoms with Crippen LogP contribution in [0.4, 0.5) is 0 Å². The number of aliphatic carboxylic acids is 3. The summed E-state index contributed by atoms with van der Waals surface area (Å²) in [6, 6.07) is 8.59. The summed E-state index contributed by atoms with van der Waals surface area (Å²) in [5.74, 6) is -5.15. The van der Waals surface area contributed by atoms with E-state index in [0.717, 1.165) is 4.90 Å². The zero-order chi connectivity index (χ0) is 15.6. The fourth-order valence-corrected chi connectivity index (χ4v) is 2.69. The number of hydrogen-bond acceptors (Lipinski definition) is 7. The van der Waals surface area contributed by atoms with Gasteiger partial charge in [-0.05, 0) is 12.0 Å². The van der Waals surface area contributed by atoms with E-state index in [1.807, 2.05) is 0 Å². The van der Waals surface area contributed by atoms with Gasteiger partial charge in [-0.1, -0.05) is 30.3 Å². The molecule has 2 rings (SSSR count). The van der Waals surface area contributed by atoms with Gasteiger partial charge in [0, 0.05) is 19.0 Å². The SMILES string of the molecule is O=C([O-])CN(CC(=O)[O-])C1(C(=O)[O-])CC1c1ccccc1.[Na+].[Na+].[Na+]. The van der Waals surface area contributed by atoms with Crippen molar-refractivity contribution in [2.45, 2.75) is 17.9 Å². The summed E-state index contributed by atoms with van der Waals surface area (Å²) in [4.78, 5) is 33.8. The maximum Gasteiger partial charge on any atom is 1.00 e. The van der Waals surface area contributed by atoms with Gasteiger partial charge in [0.25, 0.3) is 0 Å². The molecule has 112 valence electrons. The summed E-state index contributed by atoms with van der Waals surface area (Å²) in [6.45, 7) is -1.63. The monoisotopic (exact) mass is 359 g/mol. The van der Waals surface area contributed by atoms with Crippen LogP contribution in [0.1, 0.15) is 17.9 Å². The molecule has 2 atom stereocenters. The molecule has 0 spiro atoms. The van der Waals surface area contributed by atoms with Gasteiger partial charge in [-0.15, -0.1) is 0 Å². The first-order chi connectivity index (χ1) is 9.87. The van der Waals surface area contributed by atoms with Crippen LogP contribution >= 0.6 is 0 Å². The summed E-state index contributed by atoms with van der Waals surface area (Å²) in [6.07, 6.45) is 0.0832. The summed E-state index contributed by atoms with van der Waals surface area (Å²) < 4.78 is 0. The van der Waals surface area contributed by atoms with Crippen LogP contribution in [0, 0.1) is 0 Å². The topological polar surface area (TPSA) is 124 Å². The number of carbonyl (C=O) groups is 3. The van der Waals surface area contributed by atoms with Crippen molar-refractivity contribution in [1.29, 1.82) is 0 Å². The third-order valence-electron chi connectivity index (χ3n) is 3.69. The fraction of sp³-hybridized carbons (Fsp3) is 0.357. The Balaban J connectivity index is 0. The molecular weight excluding hydrogens is 347 g/mol. The van der Waals surface area contributed by atoms with Crippen molar-refractivity contribution in [3.8, 4) is 0 Å². The molecule has 24 heavy (non-hydrogen) atoms. The zero-order valence-electron chi connectivity index (χ0n) is 14.0. The van der Waals surface area contributed by atoms with E-state index in [2.05, 4.69) is 0 Å². The number of carbonyl (C=O) groups excluding carboxylic acids is 3. The fourth-order valence-electron chi connectivity index (χ4n) is 2.69. The molecule has 10 heteroatoms. The average Bonchev–Trinajstić information content (AvgIpc) is 3.14. The van der Waals surface area contributed by atoms with Crippen molar-refractivity contribution in [3.63, 3.8) is 0 Å². The molecule has 7 nitrogen and oxygen atoms in total. The number of carboxylic acid groups (broad SMARTS) is 3. The Hall–Kier alpha value is 0.590. The van der Waals surface area contributed by atoms with Gasteiger partial charge in [-0.3, -0.25) is 4.90 Å². The maximum atomic E-state index is 11.5. The molecular formula is C14H12NNa3O6. The van der Waals surface area contributed by atoms with E-state index < -0.39 is 42.5 Å². The van der Waals surface area contributed by atoms with Gasteiger partial charge in [0.1, 0.15) is 0 Å². The molecule has 1 saturated carbocycles. The molecule has 0 radical (unpaired) electrons. The molecule has 0 aliphatic heterocycles. The number of rotatable bonds is 7. The van der Waals surface area contributed by atoms with Crippen molar-refractivity contribution >= 4 is 17.9 Å². The van der Waals surface area contributed by atoms with Gasteiger partial charge >= 0.3 is 88.7 Å². The van der Waals surface area contributed by atoms with E-state index in [9.17, 15) is 29.7 Å². The molecule has 0 N–H and O–H groups in total. The largest absolute Gasteiger partial charge is 1.00 e. The Labute approximate surface area is 205 Å². The second-order valence-electron chi connectivity index (χ2n) is 4.98. The van der Waals surface area contributed by atoms with Crippen molar-refractivity contribution in [3.05, 3.63) is 35.9 Å². The third-order valence-corrected chi connectivity index (χ3v) is 3.69. The van der Waals surface area contributed by atoms with Crippen LogP contribution in [0.25, 0.3) is 0 Å². The molecule has 0 bridgehead atoms. The number of carboxylic acids is 3. The second-order valence-corrected chi connectivity index (χ2v) is 4.98. The van der Waals surface area contributed by atoms with E-state index in [-0.39, 0.29) is 95.1 Å². The average molecular weight is 359 g/mol. The van der Waals surface area contributed by atoms with Crippen LogP contribution in [0.3, 0.4) is 0 Å². The van der Waals surface area contributed by atoms with Gasteiger partial charge in [0.2, 0.25) is 0 Å². The third kappa shape index (κ3) is 6.09. The van der Waals surface area contributed by atoms with Crippen molar-refractivity contribution in [1.82, 2.24) is 4.90 Å². The van der Waals surface area contributed by atoms with Crippen molar-refractivity contribution in [2.75, 3.05) is 13.1 Å². The molecule has 0 saturated heterocycles. The van der Waals surface area contributed by atoms with Gasteiger partial charge < -0.3 is 29.7 Å². The van der Waals surface area contributed by atoms with Crippen LogP contribution in [-0.4, -0.2) is 41.4 Å². The molecule has 1 aromatic carbocycles. The quantitative estimate of drug-likeness (QED) is 0.443. The Morgan fingerprint density at radius 3 is 1.79 bits per heavy atom. The number of benzene rings is 1. The Morgan fingerprint density at radius 1 is 0.958 bits per heavy atom. The molecule has 1 aromatic rings. The van der Waals surface area contributed by atoms with Gasteiger partial charge in [0.15, 0.2) is 0 Å². The van der Waals surface area contributed by atoms with E-state index in [4.69, 9.17) is 0 Å². The summed E-state index contributed by atoms with van der Waals surface area (Å²) in [5.41, 5.74) is -0.968. The Morgan fingerprint density at radius 2 is 1.42 bits per heavy atom. The van der Waals surface area contributed by atoms with Crippen LogP contribution < -0.4 is 104 Å². The molecule has 0 amide bonds. The molecule has 2 unspecified atom stereocenters. The van der Waals surface area contributed by atoms with E-state index in [1.165, 1.54) is 0 Å². The normalized spacial score (nSPS) is 20.8. The summed E-state index contributed by atoms with van der Waals surface area (Å²) >= 11 is 0. The number of hydrogen-bond donors (Lipinski definition) is 0. The van der Waals surface area contributed by atoms with Crippen LogP contribution in [0.5, 0.6) is 0 Å². The van der Waals surface area contributed by atoms with Crippen molar-refractivity contribution in [2.24, 2.45) is 0 Å².